The molecule has 154 valence electrons. The summed E-state index contributed by atoms with van der Waals surface area (Å²) in [5, 5.41) is 4.24. The molecule has 2 aromatic carbocycles. The zero-order valence-corrected chi connectivity index (χ0v) is 17.1. The van der Waals surface area contributed by atoms with Crippen molar-refractivity contribution in [1.82, 2.24) is 19.9 Å². The number of imidazole rings is 1. The normalized spacial score (nSPS) is 14.6. The van der Waals surface area contributed by atoms with Gasteiger partial charge in [0.05, 0.1) is 30.4 Å². The third kappa shape index (κ3) is 3.73. The second-order valence-electron chi connectivity index (χ2n) is 7.57. The minimum Gasteiger partial charge on any atom is -0.489 e. The monoisotopic (exact) mass is 404 g/mol. The van der Waals surface area contributed by atoms with Gasteiger partial charge in [0.15, 0.2) is 0 Å². The Morgan fingerprint density at radius 3 is 2.83 bits per heavy atom. The van der Waals surface area contributed by atoms with Crippen LogP contribution in [0.4, 0.5) is 17.6 Å². The minimum absolute atomic E-state index is 0.0745. The molecule has 0 amide bonds. The molecule has 8 nitrogen and oxygen atoms in total. The van der Waals surface area contributed by atoms with Crippen LogP contribution in [0, 0.1) is 0 Å². The molecule has 3 heterocycles. The number of anilines is 3. The topological polar surface area (TPSA) is 88.2 Å². The Bertz CT molecular complexity index is 1180. The van der Waals surface area contributed by atoms with Gasteiger partial charge in [-0.15, -0.1) is 0 Å². The van der Waals surface area contributed by atoms with Gasteiger partial charge in [-0.25, -0.2) is 15.0 Å². The fourth-order valence-electron chi connectivity index (χ4n) is 3.57. The smallest absolute Gasteiger partial charge is 0.227 e. The molecule has 0 radical (unpaired) electrons. The summed E-state index contributed by atoms with van der Waals surface area (Å²) in [6.07, 6.45) is 1.88. The average Bonchev–Trinajstić information content (AvgIpc) is 3.18. The fourth-order valence-corrected chi connectivity index (χ4v) is 3.57. The number of morpholine rings is 1. The molecule has 2 aromatic heterocycles. The predicted octanol–water partition coefficient (Wildman–Crippen LogP) is 3.87. The van der Waals surface area contributed by atoms with E-state index in [4.69, 9.17) is 14.5 Å². The average molecular weight is 404 g/mol. The maximum Gasteiger partial charge on any atom is 0.227 e. The van der Waals surface area contributed by atoms with E-state index in [-0.39, 0.29) is 6.10 Å². The lowest BCUT2D eigenvalue weighted by Crippen LogP contribution is -2.36. The number of nitrogens with zero attached hydrogens (tertiary/aromatic N) is 4. The number of fused-ring (bicyclic) bond motifs is 2. The molecule has 30 heavy (non-hydrogen) atoms. The highest BCUT2D eigenvalue weighted by Gasteiger charge is 2.15. The number of H-pyrrole nitrogens is 1. The molecule has 0 spiro atoms. The third-order valence-electron chi connectivity index (χ3n) is 4.97. The summed E-state index contributed by atoms with van der Waals surface area (Å²) < 4.78 is 11.3. The Morgan fingerprint density at radius 1 is 1.13 bits per heavy atom. The van der Waals surface area contributed by atoms with Crippen LogP contribution >= 0.6 is 0 Å². The molecule has 0 bridgehead atoms. The van der Waals surface area contributed by atoms with E-state index >= 15 is 0 Å². The van der Waals surface area contributed by atoms with Crippen LogP contribution in [0.3, 0.4) is 0 Å². The van der Waals surface area contributed by atoms with Gasteiger partial charge in [0.2, 0.25) is 11.9 Å². The van der Waals surface area contributed by atoms with Gasteiger partial charge in [0, 0.05) is 30.4 Å². The summed E-state index contributed by atoms with van der Waals surface area (Å²) in [6, 6.07) is 11.9. The van der Waals surface area contributed by atoms with Crippen molar-refractivity contribution in [3.8, 4) is 5.75 Å². The van der Waals surface area contributed by atoms with Crippen LogP contribution in [0.25, 0.3) is 21.9 Å². The van der Waals surface area contributed by atoms with Gasteiger partial charge in [-0.2, -0.15) is 0 Å². The number of hydrogen-bond acceptors (Lipinski definition) is 7. The number of hydrogen-bond donors (Lipinski definition) is 2. The van der Waals surface area contributed by atoms with E-state index in [9.17, 15) is 0 Å². The van der Waals surface area contributed by atoms with Gasteiger partial charge >= 0.3 is 0 Å². The minimum atomic E-state index is 0.0745. The van der Waals surface area contributed by atoms with E-state index in [1.54, 1.807) is 0 Å². The lowest BCUT2D eigenvalue weighted by atomic mass is 10.2. The summed E-state index contributed by atoms with van der Waals surface area (Å²) >= 11 is 0. The molecule has 1 aliphatic heterocycles. The van der Waals surface area contributed by atoms with E-state index in [0.29, 0.717) is 5.95 Å². The van der Waals surface area contributed by atoms with Crippen molar-refractivity contribution in [1.29, 1.82) is 0 Å². The number of ether oxygens (including phenoxy) is 2. The van der Waals surface area contributed by atoms with E-state index < -0.39 is 0 Å². The van der Waals surface area contributed by atoms with Gasteiger partial charge < -0.3 is 24.7 Å². The SMILES string of the molecule is CC(C)Oc1cccc2cnc(Nc3ccc4nc(N5CCOCC5)[nH]c4c3)nc12. The number of aromatic amines is 1. The zero-order valence-electron chi connectivity index (χ0n) is 17.1. The first-order valence-corrected chi connectivity index (χ1v) is 10.2. The van der Waals surface area contributed by atoms with Crippen LogP contribution in [0.5, 0.6) is 5.75 Å². The van der Waals surface area contributed by atoms with Crippen molar-refractivity contribution in [2.45, 2.75) is 20.0 Å². The molecule has 0 unspecified atom stereocenters. The van der Waals surface area contributed by atoms with E-state index in [0.717, 1.165) is 65.6 Å². The summed E-state index contributed by atoms with van der Waals surface area (Å²) in [7, 11) is 0. The van der Waals surface area contributed by atoms with E-state index in [1.807, 2.05) is 56.4 Å². The molecule has 0 aliphatic carbocycles. The molecule has 4 aromatic rings. The first-order chi connectivity index (χ1) is 14.7. The first-order valence-electron chi connectivity index (χ1n) is 10.2. The molecule has 1 fully saturated rings. The van der Waals surface area contributed by atoms with Gasteiger partial charge in [-0.05, 0) is 38.1 Å². The quantitative estimate of drug-likeness (QED) is 0.522. The summed E-state index contributed by atoms with van der Waals surface area (Å²) in [6.45, 7) is 7.15. The number of aromatic nitrogens is 4. The van der Waals surface area contributed by atoms with Crippen molar-refractivity contribution >= 4 is 39.5 Å². The van der Waals surface area contributed by atoms with Gasteiger partial charge in [0.25, 0.3) is 0 Å². The third-order valence-corrected chi connectivity index (χ3v) is 4.97. The molecule has 2 N–H and O–H groups in total. The largest absolute Gasteiger partial charge is 0.489 e. The number of para-hydroxylation sites is 1. The molecule has 8 heteroatoms. The number of nitrogens with one attached hydrogen (secondary N) is 2. The van der Waals surface area contributed by atoms with Crippen molar-refractivity contribution < 1.29 is 9.47 Å². The first kappa shape index (κ1) is 18.6. The maximum atomic E-state index is 5.91. The molecular formula is C22H24N6O2. The van der Waals surface area contributed by atoms with Crippen molar-refractivity contribution in [3.63, 3.8) is 0 Å². The van der Waals surface area contributed by atoms with E-state index in [1.165, 1.54) is 0 Å². The molecular weight excluding hydrogens is 380 g/mol. The Hall–Kier alpha value is -3.39. The van der Waals surface area contributed by atoms with Crippen LogP contribution in [-0.4, -0.2) is 52.3 Å². The van der Waals surface area contributed by atoms with Gasteiger partial charge in [-0.3, -0.25) is 0 Å². The van der Waals surface area contributed by atoms with Crippen LogP contribution < -0.4 is 15.0 Å². The second kappa shape index (κ2) is 7.79. The zero-order chi connectivity index (χ0) is 20.5. The van der Waals surface area contributed by atoms with Crippen LogP contribution in [-0.2, 0) is 4.74 Å². The van der Waals surface area contributed by atoms with Crippen molar-refractivity contribution in [3.05, 3.63) is 42.6 Å². The summed E-state index contributed by atoms with van der Waals surface area (Å²) in [5.41, 5.74) is 3.57. The molecule has 5 rings (SSSR count). The maximum absolute atomic E-state index is 5.91. The molecule has 1 saturated heterocycles. The Morgan fingerprint density at radius 2 is 2.00 bits per heavy atom. The standard InChI is InChI=1S/C22H24N6O2/c1-14(2)30-19-5-3-4-15-13-23-21(27-20(15)19)24-16-6-7-17-18(12-16)26-22(25-17)28-8-10-29-11-9-28/h3-7,12-14H,8-11H2,1-2H3,(H,25,26)(H,23,24,27). The molecule has 0 saturated carbocycles. The van der Waals surface area contributed by atoms with E-state index in [2.05, 4.69) is 25.2 Å². The number of rotatable bonds is 5. The van der Waals surface area contributed by atoms with Crippen molar-refractivity contribution in [2.24, 2.45) is 0 Å². The van der Waals surface area contributed by atoms with Crippen LogP contribution in [0.2, 0.25) is 0 Å². The molecule has 0 atom stereocenters. The van der Waals surface area contributed by atoms with Gasteiger partial charge in [0.1, 0.15) is 11.3 Å². The Kier molecular flexibility index (Phi) is 4.84. The number of benzene rings is 2. The fraction of sp³-hybridized carbons (Fsp3) is 0.318. The second-order valence-corrected chi connectivity index (χ2v) is 7.57. The summed E-state index contributed by atoms with van der Waals surface area (Å²) in [5.74, 6) is 2.16. The lowest BCUT2D eigenvalue weighted by molar-refractivity contribution is 0.122. The van der Waals surface area contributed by atoms with Crippen molar-refractivity contribution in [2.75, 3.05) is 36.5 Å². The highest BCUT2D eigenvalue weighted by molar-refractivity contribution is 5.86. The summed E-state index contributed by atoms with van der Waals surface area (Å²) in [4.78, 5) is 19.5. The Labute approximate surface area is 174 Å². The van der Waals surface area contributed by atoms with Crippen LogP contribution in [0.1, 0.15) is 13.8 Å². The Balaban J connectivity index is 1.42. The highest BCUT2D eigenvalue weighted by atomic mass is 16.5. The highest BCUT2D eigenvalue weighted by Crippen LogP contribution is 2.27. The van der Waals surface area contributed by atoms with Crippen LogP contribution in [0.15, 0.2) is 42.6 Å². The predicted molar refractivity (Wildman–Crippen MR) is 118 cm³/mol. The lowest BCUT2D eigenvalue weighted by Gasteiger charge is -2.26. The molecule has 1 aliphatic rings. The van der Waals surface area contributed by atoms with Gasteiger partial charge in [-0.1, -0.05) is 12.1 Å².